The van der Waals surface area contributed by atoms with Crippen molar-refractivity contribution >= 4 is 17.6 Å². The summed E-state index contributed by atoms with van der Waals surface area (Å²) in [6.07, 6.45) is -5.62. The normalized spacial score (nSPS) is 12.6. The number of nitrogens with zero attached hydrogens (tertiary/aromatic N) is 1. The highest BCUT2D eigenvalue weighted by molar-refractivity contribution is 5.98. The summed E-state index contributed by atoms with van der Waals surface area (Å²) in [6, 6.07) is 3.92. The van der Waals surface area contributed by atoms with Gasteiger partial charge >= 0.3 is 12.1 Å². The van der Waals surface area contributed by atoms with Gasteiger partial charge in [0.25, 0.3) is 5.91 Å². The molecule has 0 saturated heterocycles. The number of nitrogens with one attached hydrogen (secondary N) is 1. The minimum atomic E-state index is -4.46. The van der Waals surface area contributed by atoms with Crippen molar-refractivity contribution in [2.45, 2.75) is 33.1 Å². The second-order valence-electron chi connectivity index (χ2n) is 5.31. The van der Waals surface area contributed by atoms with Crippen molar-refractivity contribution in [1.82, 2.24) is 5.16 Å². The van der Waals surface area contributed by atoms with Crippen LogP contribution in [0.3, 0.4) is 0 Å². The lowest BCUT2D eigenvalue weighted by Crippen LogP contribution is -2.30. The molecule has 0 radical (unpaired) electrons. The highest BCUT2D eigenvalue weighted by Gasteiger charge is 2.30. The Balaban J connectivity index is 2.00. The van der Waals surface area contributed by atoms with E-state index in [9.17, 15) is 22.8 Å². The largest absolute Gasteiger partial charge is 0.449 e. The number of ether oxygens (including phenoxy) is 1. The van der Waals surface area contributed by atoms with Gasteiger partial charge in [-0.1, -0.05) is 5.16 Å². The zero-order valence-corrected chi connectivity index (χ0v) is 13.6. The summed E-state index contributed by atoms with van der Waals surface area (Å²) in [7, 11) is 0. The number of halogens is 3. The summed E-state index contributed by atoms with van der Waals surface area (Å²) in [5.41, 5.74) is -0.214. The molecule has 1 aromatic heterocycles. The Morgan fingerprint density at radius 3 is 2.28 bits per heavy atom. The van der Waals surface area contributed by atoms with E-state index >= 15 is 0 Å². The fourth-order valence-electron chi connectivity index (χ4n) is 2.03. The van der Waals surface area contributed by atoms with E-state index in [1.54, 1.807) is 6.92 Å². The predicted octanol–water partition coefficient (Wildman–Crippen LogP) is 3.49. The summed E-state index contributed by atoms with van der Waals surface area (Å²) in [5.74, 6) is -1.19. The molecule has 1 aromatic carbocycles. The Morgan fingerprint density at radius 2 is 1.80 bits per heavy atom. The Kier molecular flexibility index (Phi) is 5.15. The van der Waals surface area contributed by atoms with Gasteiger partial charge < -0.3 is 14.6 Å². The van der Waals surface area contributed by atoms with Gasteiger partial charge in [0.1, 0.15) is 11.3 Å². The number of alkyl halides is 3. The van der Waals surface area contributed by atoms with Crippen LogP contribution >= 0.6 is 0 Å². The highest BCUT2D eigenvalue weighted by atomic mass is 19.4. The number of aryl methyl sites for hydroxylation is 2. The molecule has 9 heteroatoms. The molecule has 0 bridgehead atoms. The number of anilines is 1. The van der Waals surface area contributed by atoms with Crippen LogP contribution in [0.15, 0.2) is 28.8 Å². The second kappa shape index (κ2) is 6.96. The van der Waals surface area contributed by atoms with Gasteiger partial charge in [0.05, 0.1) is 11.3 Å². The molecule has 0 aliphatic heterocycles. The lowest BCUT2D eigenvalue weighted by Gasteiger charge is -2.14. The van der Waals surface area contributed by atoms with Gasteiger partial charge in [-0.25, -0.2) is 4.79 Å². The van der Waals surface area contributed by atoms with Crippen molar-refractivity contribution < 1.29 is 32.0 Å². The number of benzene rings is 1. The Labute approximate surface area is 140 Å². The first-order chi connectivity index (χ1) is 11.6. The van der Waals surface area contributed by atoms with Crippen molar-refractivity contribution in [2.24, 2.45) is 0 Å². The molecule has 0 spiro atoms. The van der Waals surface area contributed by atoms with E-state index < -0.39 is 29.7 Å². The Morgan fingerprint density at radius 1 is 1.20 bits per heavy atom. The molecule has 1 N–H and O–H groups in total. The first-order valence-electron chi connectivity index (χ1n) is 7.21. The molecular formula is C16H15F3N2O4. The van der Waals surface area contributed by atoms with E-state index in [4.69, 9.17) is 9.26 Å². The van der Waals surface area contributed by atoms with Crippen LogP contribution in [-0.2, 0) is 15.7 Å². The van der Waals surface area contributed by atoms with Crippen molar-refractivity contribution in [3.8, 4) is 0 Å². The number of amides is 1. The van der Waals surface area contributed by atoms with Crippen molar-refractivity contribution in [3.05, 3.63) is 46.8 Å². The predicted molar refractivity (Wildman–Crippen MR) is 80.9 cm³/mol. The van der Waals surface area contributed by atoms with E-state index in [0.717, 1.165) is 24.3 Å². The lowest BCUT2D eigenvalue weighted by atomic mass is 10.2. The standard InChI is InChI=1S/C16H15F3N2O4/c1-8-13(9(2)25-21-8)15(23)24-10(3)14(22)20-12-6-4-11(5-7-12)16(17,18)19/h4-7,10H,1-3H3,(H,20,22). The lowest BCUT2D eigenvalue weighted by molar-refractivity contribution is -0.137. The SMILES string of the molecule is Cc1noc(C)c1C(=O)OC(C)C(=O)Nc1ccc(C(F)(F)F)cc1. The van der Waals surface area contributed by atoms with Crippen LogP contribution in [0.25, 0.3) is 0 Å². The maximum atomic E-state index is 12.5. The molecule has 0 aliphatic carbocycles. The molecule has 25 heavy (non-hydrogen) atoms. The van der Waals surface area contributed by atoms with Crippen molar-refractivity contribution in [3.63, 3.8) is 0 Å². The number of hydrogen-bond acceptors (Lipinski definition) is 5. The Hall–Kier alpha value is -2.84. The minimum absolute atomic E-state index is 0.134. The molecule has 1 heterocycles. The first-order valence-corrected chi connectivity index (χ1v) is 7.21. The number of aromatic nitrogens is 1. The van der Waals surface area contributed by atoms with Crippen LogP contribution in [0.1, 0.15) is 34.3 Å². The first kappa shape index (κ1) is 18.5. The maximum Gasteiger partial charge on any atom is 0.416 e. The molecule has 2 rings (SSSR count). The van der Waals surface area contributed by atoms with E-state index in [0.29, 0.717) is 5.69 Å². The third-order valence-corrected chi connectivity index (χ3v) is 3.37. The van der Waals surface area contributed by atoms with Crippen molar-refractivity contribution in [2.75, 3.05) is 5.32 Å². The number of rotatable bonds is 4. The van der Waals surface area contributed by atoms with Gasteiger partial charge in [-0.05, 0) is 45.0 Å². The molecule has 6 nitrogen and oxygen atoms in total. The molecule has 0 fully saturated rings. The number of esters is 1. The molecule has 0 saturated carbocycles. The van der Waals surface area contributed by atoms with Crippen LogP contribution in [0, 0.1) is 13.8 Å². The van der Waals surface area contributed by atoms with E-state index in [-0.39, 0.29) is 17.0 Å². The van der Waals surface area contributed by atoms with Gasteiger partial charge in [-0.3, -0.25) is 4.79 Å². The fraction of sp³-hybridized carbons (Fsp3) is 0.312. The smallest absolute Gasteiger partial charge is 0.416 e. The quantitative estimate of drug-likeness (QED) is 0.848. The van der Waals surface area contributed by atoms with Crippen LogP contribution in [0.4, 0.5) is 18.9 Å². The van der Waals surface area contributed by atoms with Gasteiger partial charge in [0, 0.05) is 5.69 Å². The number of hydrogen-bond donors (Lipinski definition) is 1. The molecule has 1 atom stereocenters. The van der Waals surface area contributed by atoms with Gasteiger partial charge in [-0.2, -0.15) is 13.2 Å². The number of carbonyl (C=O) groups is 2. The molecule has 1 amide bonds. The van der Waals surface area contributed by atoms with Crippen LogP contribution in [0.2, 0.25) is 0 Å². The van der Waals surface area contributed by atoms with Crippen molar-refractivity contribution in [1.29, 1.82) is 0 Å². The summed E-state index contributed by atoms with van der Waals surface area (Å²) in [6.45, 7) is 4.43. The highest BCUT2D eigenvalue weighted by Crippen LogP contribution is 2.29. The zero-order valence-electron chi connectivity index (χ0n) is 13.6. The van der Waals surface area contributed by atoms with Gasteiger partial charge in [0.2, 0.25) is 0 Å². The summed E-state index contributed by atoms with van der Waals surface area (Å²) in [4.78, 5) is 24.1. The molecule has 0 aliphatic rings. The second-order valence-corrected chi connectivity index (χ2v) is 5.31. The number of carbonyl (C=O) groups excluding carboxylic acids is 2. The average Bonchev–Trinajstić information content (AvgIpc) is 2.85. The van der Waals surface area contributed by atoms with E-state index in [1.807, 2.05) is 0 Å². The molecular weight excluding hydrogens is 341 g/mol. The topological polar surface area (TPSA) is 81.4 Å². The monoisotopic (exact) mass is 356 g/mol. The third-order valence-electron chi connectivity index (χ3n) is 3.37. The zero-order chi connectivity index (χ0) is 18.8. The van der Waals surface area contributed by atoms with Crippen LogP contribution in [-0.4, -0.2) is 23.1 Å². The fourth-order valence-corrected chi connectivity index (χ4v) is 2.03. The maximum absolute atomic E-state index is 12.5. The Bertz CT molecular complexity index is 762. The van der Waals surface area contributed by atoms with Gasteiger partial charge in [-0.15, -0.1) is 0 Å². The summed E-state index contributed by atoms with van der Waals surface area (Å²) < 4.78 is 47.4. The third kappa shape index (κ3) is 4.37. The molecule has 2 aromatic rings. The molecule has 1 unspecified atom stereocenters. The summed E-state index contributed by atoms with van der Waals surface area (Å²) in [5, 5.41) is 5.99. The van der Waals surface area contributed by atoms with Gasteiger partial charge in [0.15, 0.2) is 6.10 Å². The van der Waals surface area contributed by atoms with Crippen LogP contribution < -0.4 is 5.32 Å². The minimum Gasteiger partial charge on any atom is -0.449 e. The van der Waals surface area contributed by atoms with Crippen LogP contribution in [0.5, 0.6) is 0 Å². The molecule has 134 valence electrons. The van der Waals surface area contributed by atoms with E-state index in [1.165, 1.54) is 13.8 Å². The summed E-state index contributed by atoms with van der Waals surface area (Å²) >= 11 is 0. The average molecular weight is 356 g/mol. The van der Waals surface area contributed by atoms with E-state index in [2.05, 4.69) is 10.5 Å².